The maximum atomic E-state index is 12.7. The molecule has 0 unspecified atom stereocenters. The number of halogens is 3. The highest BCUT2D eigenvalue weighted by Crippen LogP contribution is 2.28. The number of alkyl halides is 3. The summed E-state index contributed by atoms with van der Waals surface area (Å²) < 4.78 is 40.0. The Bertz CT molecular complexity index is 891. The van der Waals surface area contributed by atoms with Crippen LogP contribution >= 0.6 is 0 Å². The van der Waals surface area contributed by atoms with Crippen molar-refractivity contribution in [3.63, 3.8) is 0 Å². The molecule has 1 aliphatic rings. The summed E-state index contributed by atoms with van der Waals surface area (Å²) >= 11 is 0. The predicted octanol–water partition coefficient (Wildman–Crippen LogP) is 2.50. The fraction of sp³-hybridized carbons (Fsp3) is 0.312. The van der Waals surface area contributed by atoms with Crippen molar-refractivity contribution in [1.29, 1.82) is 0 Å². The number of fused-ring (bicyclic) bond motifs is 1. The Morgan fingerprint density at radius 1 is 1.20 bits per heavy atom. The number of rotatable bonds is 3. The molecule has 0 aliphatic carbocycles. The third-order valence-electron chi connectivity index (χ3n) is 4.21. The fourth-order valence-corrected chi connectivity index (χ4v) is 3.00. The van der Waals surface area contributed by atoms with Gasteiger partial charge >= 0.3 is 6.18 Å². The van der Waals surface area contributed by atoms with Crippen LogP contribution in [-0.4, -0.2) is 44.4 Å². The van der Waals surface area contributed by atoms with Crippen LogP contribution < -0.4 is 10.6 Å². The van der Waals surface area contributed by atoms with Gasteiger partial charge in [-0.2, -0.15) is 18.3 Å². The molecule has 0 aromatic carbocycles. The summed E-state index contributed by atoms with van der Waals surface area (Å²) in [6, 6.07) is 3.86. The highest BCUT2D eigenvalue weighted by molar-refractivity contribution is 5.77. The molecule has 0 saturated carbocycles. The van der Waals surface area contributed by atoms with E-state index < -0.39 is 12.2 Å². The molecule has 1 saturated heterocycles. The topological polar surface area (TPSA) is 67.1 Å². The van der Waals surface area contributed by atoms with Crippen molar-refractivity contribution in [3.8, 4) is 11.3 Å². The van der Waals surface area contributed by atoms with Crippen LogP contribution in [0.3, 0.4) is 0 Å². The normalized spacial score (nSPS) is 20.9. The van der Waals surface area contributed by atoms with Crippen molar-refractivity contribution < 1.29 is 13.2 Å². The second-order valence-corrected chi connectivity index (χ2v) is 5.96. The minimum Gasteiger partial charge on any atom is -0.365 e. The van der Waals surface area contributed by atoms with Crippen LogP contribution in [-0.2, 0) is 0 Å². The minimum atomic E-state index is -4.24. The first-order valence-electron chi connectivity index (χ1n) is 7.82. The zero-order valence-electron chi connectivity index (χ0n) is 13.0. The molecule has 3 aromatic rings. The standard InChI is InChI=1S/C16H15F3N6/c17-16(18,19)14-5-10(6-21-14)23-15-9-20-8-12(24-15)11-7-22-25-4-2-1-3-13(11)25/h1-4,7-10,14,21H,5-6H2,(H,23,24)/t10-,14+/m1/s1. The van der Waals surface area contributed by atoms with Gasteiger partial charge in [-0.3, -0.25) is 4.98 Å². The number of anilines is 1. The number of hydrogen-bond donors (Lipinski definition) is 2. The number of hydrogen-bond acceptors (Lipinski definition) is 5. The molecule has 1 fully saturated rings. The van der Waals surface area contributed by atoms with Crippen molar-refractivity contribution in [2.75, 3.05) is 11.9 Å². The van der Waals surface area contributed by atoms with E-state index >= 15 is 0 Å². The van der Waals surface area contributed by atoms with Crippen molar-refractivity contribution in [3.05, 3.63) is 43.0 Å². The van der Waals surface area contributed by atoms with E-state index in [2.05, 4.69) is 25.7 Å². The van der Waals surface area contributed by atoms with Crippen molar-refractivity contribution >= 4 is 11.3 Å². The van der Waals surface area contributed by atoms with Crippen LogP contribution in [0.1, 0.15) is 6.42 Å². The molecule has 0 spiro atoms. The van der Waals surface area contributed by atoms with Gasteiger partial charge in [-0.05, 0) is 18.6 Å². The van der Waals surface area contributed by atoms with Gasteiger partial charge in [0.25, 0.3) is 0 Å². The summed E-state index contributed by atoms with van der Waals surface area (Å²) in [6.45, 7) is 0.229. The molecular weight excluding hydrogens is 333 g/mol. The SMILES string of the molecule is FC(F)(F)[C@@H]1C[C@@H](Nc2cncc(-c3cnn4ccccc34)n2)CN1. The summed E-state index contributed by atoms with van der Waals surface area (Å²) in [6.07, 6.45) is 2.37. The summed E-state index contributed by atoms with van der Waals surface area (Å²) in [5.74, 6) is 0.447. The lowest BCUT2D eigenvalue weighted by molar-refractivity contribution is -0.151. The van der Waals surface area contributed by atoms with Gasteiger partial charge in [0.05, 0.1) is 29.8 Å². The zero-order valence-corrected chi connectivity index (χ0v) is 13.0. The van der Waals surface area contributed by atoms with E-state index in [-0.39, 0.29) is 19.0 Å². The lowest BCUT2D eigenvalue weighted by atomic mass is 10.1. The second kappa shape index (κ2) is 5.99. The molecule has 0 radical (unpaired) electrons. The number of nitrogens with zero attached hydrogens (tertiary/aromatic N) is 4. The Labute approximate surface area is 141 Å². The molecule has 1 aliphatic heterocycles. The van der Waals surface area contributed by atoms with Gasteiger partial charge in [-0.15, -0.1) is 0 Å². The molecular formula is C16H15F3N6. The Hall–Kier alpha value is -2.68. The van der Waals surface area contributed by atoms with Crippen LogP contribution in [0.15, 0.2) is 43.0 Å². The largest absolute Gasteiger partial charge is 0.403 e. The number of nitrogens with one attached hydrogen (secondary N) is 2. The van der Waals surface area contributed by atoms with Crippen LogP contribution in [0.4, 0.5) is 19.0 Å². The maximum Gasteiger partial charge on any atom is 0.403 e. The molecule has 2 atom stereocenters. The molecule has 3 aromatic heterocycles. The fourth-order valence-electron chi connectivity index (χ4n) is 3.00. The molecule has 130 valence electrons. The minimum absolute atomic E-state index is 0.0356. The molecule has 0 bridgehead atoms. The van der Waals surface area contributed by atoms with Crippen LogP contribution in [0.2, 0.25) is 0 Å². The Morgan fingerprint density at radius 2 is 2.08 bits per heavy atom. The molecule has 0 amide bonds. The van der Waals surface area contributed by atoms with E-state index in [0.717, 1.165) is 11.1 Å². The third-order valence-corrected chi connectivity index (χ3v) is 4.21. The lowest BCUT2D eigenvalue weighted by Crippen LogP contribution is -2.36. The highest BCUT2D eigenvalue weighted by Gasteiger charge is 2.44. The van der Waals surface area contributed by atoms with E-state index in [9.17, 15) is 13.2 Å². The molecule has 4 rings (SSSR count). The van der Waals surface area contributed by atoms with E-state index in [1.807, 2.05) is 24.4 Å². The Kier molecular flexibility index (Phi) is 3.79. The van der Waals surface area contributed by atoms with E-state index in [1.165, 1.54) is 6.20 Å². The summed E-state index contributed by atoms with van der Waals surface area (Å²) in [5.41, 5.74) is 2.31. The first kappa shape index (κ1) is 15.8. The van der Waals surface area contributed by atoms with Crippen LogP contribution in [0.25, 0.3) is 16.8 Å². The van der Waals surface area contributed by atoms with Gasteiger partial charge in [0, 0.05) is 24.3 Å². The van der Waals surface area contributed by atoms with Crippen molar-refractivity contribution in [2.45, 2.75) is 24.7 Å². The molecule has 4 heterocycles. The van der Waals surface area contributed by atoms with Gasteiger partial charge < -0.3 is 10.6 Å². The zero-order chi connectivity index (χ0) is 17.4. The van der Waals surface area contributed by atoms with E-state index in [1.54, 1.807) is 16.9 Å². The Balaban J connectivity index is 1.55. The predicted molar refractivity (Wildman–Crippen MR) is 86.1 cm³/mol. The highest BCUT2D eigenvalue weighted by atomic mass is 19.4. The molecule has 2 N–H and O–H groups in total. The maximum absolute atomic E-state index is 12.7. The second-order valence-electron chi connectivity index (χ2n) is 5.96. The summed E-state index contributed by atoms with van der Waals surface area (Å²) in [5, 5.41) is 9.77. The number of pyridine rings is 1. The van der Waals surface area contributed by atoms with E-state index in [0.29, 0.717) is 11.5 Å². The Morgan fingerprint density at radius 3 is 2.88 bits per heavy atom. The smallest absolute Gasteiger partial charge is 0.365 e. The van der Waals surface area contributed by atoms with Gasteiger partial charge in [0.2, 0.25) is 0 Å². The quantitative estimate of drug-likeness (QED) is 0.761. The van der Waals surface area contributed by atoms with Crippen LogP contribution in [0, 0.1) is 0 Å². The van der Waals surface area contributed by atoms with Gasteiger partial charge in [0.1, 0.15) is 11.9 Å². The molecule has 9 heteroatoms. The van der Waals surface area contributed by atoms with Crippen LogP contribution in [0.5, 0.6) is 0 Å². The van der Waals surface area contributed by atoms with Gasteiger partial charge in [-0.25, -0.2) is 9.50 Å². The first-order chi connectivity index (χ1) is 12.0. The molecule has 6 nitrogen and oxygen atoms in total. The van der Waals surface area contributed by atoms with E-state index in [4.69, 9.17) is 0 Å². The van der Waals surface area contributed by atoms with Gasteiger partial charge in [0.15, 0.2) is 0 Å². The average Bonchev–Trinajstić information content (AvgIpc) is 3.21. The summed E-state index contributed by atoms with van der Waals surface area (Å²) in [7, 11) is 0. The van der Waals surface area contributed by atoms with Gasteiger partial charge in [-0.1, -0.05) is 6.07 Å². The average molecular weight is 348 g/mol. The monoisotopic (exact) mass is 348 g/mol. The molecule has 25 heavy (non-hydrogen) atoms. The van der Waals surface area contributed by atoms with Crippen molar-refractivity contribution in [1.82, 2.24) is 24.9 Å². The first-order valence-corrected chi connectivity index (χ1v) is 7.82. The number of aromatic nitrogens is 4. The summed E-state index contributed by atoms with van der Waals surface area (Å²) in [4.78, 5) is 8.63. The lowest BCUT2D eigenvalue weighted by Gasteiger charge is -2.15. The van der Waals surface area contributed by atoms with Crippen molar-refractivity contribution in [2.24, 2.45) is 0 Å². The third kappa shape index (κ3) is 3.14.